The van der Waals surface area contributed by atoms with Crippen LogP contribution < -0.4 is 0 Å². The first kappa shape index (κ1) is 17.5. The van der Waals surface area contributed by atoms with Gasteiger partial charge in [0.1, 0.15) is 0 Å². The Balaban J connectivity index is 0.00000324. The van der Waals surface area contributed by atoms with E-state index in [1.165, 1.54) is 24.3 Å². The topological polar surface area (TPSA) is 63.5 Å². The number of Topliss-reactive ketones (excluding diaryl/α,β-unsaturated/α-hetero) is 1. The highest BCUT2D eigenvalue weighted by molar-refractivity contribution is 5.96. The smallest absolute Gasteiger partial charge is 0.269 e. The summed E-state index contributed by atoms with van der Waals surface area (Å²) < 4.78 is 0. The number of hydrogen-bond acceptors (Lipinski definition) is 4. The molecule has 0 saturated carbocycles. The summed E-state index contributed by atoms with van der Waals surface area (Å²) in [6, 6.07) is 5.76. The van der Waals surface area contributed by atoms with Crippen molar-refractivity contribution in [3.05, 3.63) is 39.9 Å². The number of nitro benzene ring substituents is 1. The molecule has 5 nitrogen and oxygen atoms in total. The molecular weight excluding hydrogens is 268 g/mol. The molecule has 19 heavy (non-hydrogen) atoms. The second-order valence-electron chi connectivity index (χ2n) is 4.00. The molecule has 0 unspecified atom stereocenters. The van der Waals surface area contributed by atoms with Crippen LogP contribution in [0.5, 0.6) is 0 Å². The van der Waals surface area contributed by atoms with Gasteiger partial charge in [-0.05, 0) is 25.2 Å². The Labute approximate surface area is 119 Å². The van der Waals surface area contributed by atoms with Gasteiger partial charge in [0.2, 0.25) is 0 Å². The van der Waals surface area contributed by atoms with E-state index < -0.39 is 4.92 Å². The molecule has 0 heterocycles. The van der Waals surface area contributed by atoms with Gasteiger partial charge in [-0.1, -0.05) is 13.8 Å². The Morgan fingerprint density at radius 2 is 1.74 bits per heavy atom. The number of rotatable bonds is 7. The van der Waals surface area contributed by atoms with Gasteiger partial charge in [0, 0.05) is 30.7 Å². The van der Waals surface area contributed by atoms with E-state index in [-0.39, 0.29) is 23.9 Å². The lowest BCUT2D eigenvalue weighted by Gasteiger charge is -2.16. The minimum absolute atomic E-state index is 0. The molecule has 6 heteroatoms. The van der Waals surface area contributed by atoms with E-state index in [0.717, 1.165) is 19.6 Å². The van der Waals surface area contributed by atoms with Crippen molar-refractivity contribution in [1.82, 2.24) is 4.90 Å². The van der Waals surface area contributed by atoms with Crippen LogP contribution in [0, 0.1) is 10.1 Å². The van der Waals surface area contributed by atoms with E-state index in [0.29, 0.717) is 12.0 Å². The maximum absolute atomic E-state index is 11.9. The summed E-state index contributed by atoms with van der Waals surface area (Å²) in [7, 11) is 0. The molecule has 1 rings (SSSR count). The van der Waals surface area contributed by atoms with Crippen LogP contribution in [0.1, 0.15) is 30.6 Å². The molecule has 0 bridgehead atoms. The van der Waals surface area contributed by atoms with Crippen LogP contribution in [0.15, 0.2) is 24.3 Å². The molecule has 0 fully saturated rings. The van der Waals surface area contributed by atoms with Crippen molar-refractivity contribution < 1.29 is 9.72 Å². The molecule has 0 radical (unpaired) electrons. The average Bonchev–Trinajstić information content (AvgIpc) is 2.39. The summed E-state index contributed by atoms with van der Waals surface area (Å²) in [6.07, 6.45) is 0.444. The first-order valence-corrected chi connectivity index (χ1v) is 6.08. The van der Waals surface area contributed by atoms with E-state index in [1.807, 2.05) is 0 Å². The molecule has 0 atom stereocenters. The Bertz CT molecular complexity index is 416. The van der Waals surface area contributed by atoms with Gasteiger partial charge in [-0.3, -0.25) is 14.9 Å². The lowest BCUT2D eigenvalue weighted by atomic mass is 10.1. The number of benzene rings is 1. The average molecular weight is 287 g/mol. The lowest BCUT2D eigenvalue weighted by molar-refractivity contribution is -0.384. The van der Waals surface area contributed by atoms with Gasteiger partial charge < -0.3 is 4.90 Å². The molecule has 0 saturated heterocycles. The zero-order valence-electron chi connectivity index (χ0n) is 11.2. The number of nitrogens with zero attached hydrogens (tertiary/aromatic N) is 2. The number of nitro groups is 1. The summed E-state index contributed by atoms with van der Waals surface area (Å²) in [4.78, 5) is 24.1. The molecule has 0 aliphatic rings. The quantitative estimate of drug-likeness (QED) is 0.439. The maximum atomic E-state index is 11.9. The number of non-ortho nitro benzene ring substituents is 1. The molecular formula is C13H19ClN2O3. The number of ketones is 1. The molecule has 0 aliphatic heterocycles. The maximum Gasteiger partial charge on any atom is 0.269 e. The molecule has 106 valence electrons. The Kier molecular flexibility index (Phi) is 7.95. The van der Waals surface area contributed by atoms with Gasteiger partial charge in [-0.25, -0.2) is 0 Å². The van der Waals surface area contributed by atoms with E-state index in [2.05, 4.69) is 18.7 Å². The fourth-order valence-electron chi connectivity index (χ4n) is 1.71. The van der Waals surface area contributed by atoms with Crippen LogP contribution in [0.25, 0.3) is 0 Å². The first-order chi connectivity index (χ1) is 8.58. The van der Waals surface area contributed by atoms with Crippen molar-refractivity contribution in [3.63, 3.8) is 0 Å². The lowest BCUT2D eigenvalue weighted by Crippen LogP contribution is -2.25. The molecule has 1 aromatic rings. The van der Waals surface area contributed by atoms with Gasteiger partial charge in [0.25, 0.3) is 5.69 Å². The zero-order chi connectivity index (χ0) is 13.5. The highest BCUT2D eigenvalue weighted by Crippen LogP contribution is 2.13. The first-order valence-electron chi connectivity index (χ1n) is 6.08. The van der Waals surface area contributed by atoms with Gasteiger partial charge in [0.15, 0.2) is 5.78 Å². The van der Waals surface area contributed by atoms with Gasteiger partial charge in [0.05, 0.1) is 4.92 Å². The third-order valence-corrected chi connectivity index (χ3v) is 2.95. The third-order valence-electron chi connectivity index (χ3n) is 2.95. The number of hydrogen-bond donors (Lipinski definition) is 0. The van der Waals surface area contributed by atoms with Crippen LogP contribution in [0.3, 0.4) is 0 Å². The van der Waals surface area contributed by atoms with Crippen LogP contribution in [-0.4, -0.2) is 35.2 Å². The van der Waals surface area contributed by atoms with Crippen molar-refractivity contribution in [2.75, 3.05) is 19.6 Å². The minimum Gasteiger partial charge on any atom is -0.303 e. The number of carbonyl (C=O) groups is 1. The van der Waals surface area contributed by atoms with Crippen LogP contribution in [-0.2, 0) is 0 Å². The second kappa shape index (κ2) is 8.61. The number of halogens is 1. The monoisotopic (exact) mass is 286 g/mol. The van der Waals surface area contributed by atoms with E-state index in [1.54, 1.807) is 0 Å². The standard InChI is InChI=1S/C13H18N2O3.ClH/c1-3-14(4-2)10-9-13(16)11-5-7-12(8-6-11)15(17)18;/h5-8H,3-4,9-10H2,1-2H3;1H. The van der Waals surface area contributed by atoms with Crippen LogP contribution >= 0.6 is 12.4 Å². The zero-order valence-corrected chi connectivity index (χ0v) is 12.0. The molecule has 0 amide bonds. The summed E-state index contributed by atoms with van der Waals surface area (Å²) in [5.41, 5.74) is 0.544. The van der Waals surface area contributed by atoms with Crippen molar-refractivity contribution in [2.24, 2.45) is 0 Å². The normalized spacial score (nSPS) is 10.1. The summed E-state index contributed by atoms with van der Waals surface area (Å²) in [5.74, 6) is 0.0248. The van der Waals surface area contributed by atoms with Crippen molar-refractivity contribution in [2.45, 2.75) is 20.3 Å². The predicted octanol–water partition coefficient (Wildman–Crippen LogP) is 2.93. The molecule has 0 spiro atoms. The molecule has 0 aromatic heterocycles. The summed E-state index contributed by atoms with van der Waals surface area (Å²) in [6.45, 7) is 6.68. The van der Waals surface area contributed by atoms with E-state index in [4.69, 9.17) is 0 Å². The Morgan fingerprint density at radius 3 is 2.16 bits per heavy atom. The molecule has 1 aromatic carbocycles. The third kappa shape index (κ3) is 5.36. The van der Waals surface area contributed by atoms with E-state index >= 15 is 0 Å². The largest absolute Gasteiger partial charge is 0.303 e. The van der Waals surface area contributed by atoms with Gasteiger partial charge in [-0.2, -0.15) is 0 Å². The second-order valence-corrected chi connectivity index (χ2v) is 4.00. The summed E-state index contributed by atoms with van der Waals surface area (Å²) in [5, 5.41) is 10.5. The Hall–Kier alpha value is -1.46. The van der Waals surface area contributed by atoms with Crippen LogP contribution in [0.4, 0.5) is 5.69 Å². The van der Waals surface area contributed by atoms with Crippen molar-refractivity contribution in [1.29, 1.82) is 0 Å². The minimum atomic E-state index is -0.468. The van der Waals surface area contributed by atoms with Crippen molar-refractivity contribution >= 4 is 23.9 Å². The van der Waals surface area contributed by atoms with Gasteiger partial charge >= 0.3 is 0 Å². The Morgan fingerprint density at radius 1 is 1.21 bits per heavy atom. The van der Waals surface area contributed by atoms with Gasteiger partial charge in [-0.15, -0.1) is 12.4 Å². The van der Waals surface area contributed by atoms with Crippen molar-refractivity contribution in [3.8, 4) is 0 Å². The SMILES string of the molecule is CCN(CC)CCC(=O)c1ccc([N+](=O)[O-])cc1.Cl. The molecule has 0 N–H and O–H groups in total. The summed E-state index contributed by atoms with van der Waals surface area (Å²) >= 11 is 0. The predicted molar refractivity (Wildman–Crippen MR) is 77.1 cm³/mol. The fraction of sp³-hybridized carbons (Fsp3) is 0.462. The fourth-order valence-corrected chi connectivity index (χ4v) is 1.71. The highest BCUT2D eigenvalue weighted by Gasteiger charge is 2.10. The molecule has 0 aliphatic carbocycles. The van der Waals surface area contributed by atoms with E-state index in [9.17, 15) is 14.9 Å². The highest BCUT2D eigenvalue weighted by atomic mass is 35.5. The van der Waals surface area contributed by atoms with Crippen LogP contribution in [0.2, 0.25) is 0 Å². The number of carbonyl (C=O) groups excluding carboxylic acids is 1.